The van der Waals surface area contributed by atoms with Crippen molar-refractivity contribution < 1.29 is 56.7 Å². The van der Waals surface area contributed by atoms with Gasteiger partial charge in [0.05, 0.1) is 47.8 Å². The zero-order chi connectivity index (χ0) is 37.5. The normalized spacial score (nSPS) is 23.0. The number of nitrogens with zero attached hydrogens (tertiary/aromatic N) is 2. The number of pyridine rings is 2. The van der Waals surface area contributed by atoms with E-state index in [4.69, 9.17) is 31.0 Å². The average Bonchev–Trinajstić information content (AvgIpc) is 3.47. The molecule has 0 spiro atoms. The predicted octanol–water partition coefficient (Wildman–Crippen LogP) is 2.08. The van der Waals surface area contributed by atoms with Gasteiger partial charge in [0.1, 0.15) is 18.5 Å². The first-order valence-electron chi connectivity index (χ1n) is 16.6. The number of hydrogen-bond acceptors (Lipinski definition) is 11. The standard InChI is InChI=1S/C22H17FN2O4.C10H17F3N2O5.C2H6/c1-9-10-3-2-4-11-13-7-25-17(19(13)24-16(18(10)11)6-15(9)23)5-12-14(21(25)27)8-29-22(28)20(12)26;11-10(12,13)8(7(14)9(15)18)20-6-2-4(17)1-5(3-16)19-6;1-2/h5-6,20,26H,2-4,7-8H2,1H3;4-8,16-17H,1-3,14H2,(H2,15,18);1-2H3. The Morgan fingerprint density at radius 2 is 1.80 bits per heavy atom. The molecule has 1 saturated heterocycles. The molecule has 3 aliphatic heterocycles. The SMILES string of the molecule is CC.Cc1c(F)cc2nc3c(c4c2c1CCC4)Cn1c-3cc2c(c1=O)COC(=O)C2O.NC(=O)C(N)C(OC1CC(O)CC(CO)O1)C(F)(F)F. The van der Waals surface area contributed by atoms with Gasteiger partial charge in [-0.15, -0.1) is 0 Å². The van der Waals surface area contributed by atoms with Gasteiger partial charge in [-0.2, -0.15) is 13.2 Å². The van der Waals surface area contributed by atoms with Crippen LogP contribution in [0, 0.1) is 12.7 Å². The smallest absolute Gasteiger partial charge is 0.416 e. The van der Waals surface area contributed by atoms with Crippen molar-refractivity contribution in [2.24, 2.45) is 11.5 Å². The van der Waals surface area contributed by atoms with Crippen molar-refractivity contribution in [3.05, 3.63) is 61.7 Å². The quantitative estimate of drug-likeness (QED) is 0.149. The minimum atomic E-state index is -4.92. The van der Waals surface area contributed by atoms with E-state index in [0.29, 0.717) is 34.6 Å². The van der Waals surface area contributed by atoms with E-state index in [2.05, 4.69) is 4.74 Å². The molecule has 7 rings (SSSR count). The number of aryl methyl sites for hydroxylation is 2. The number of carbonyl (C=O) groups is 2. The highest BCUT2D eigenvalue weighted by Crippen LogP contribution is 2.42. The summed E-state index contributed by atoms with van der Waals surface area (Å²) in [4.78, 5) is 40.4. The first kappa shape index (κ1) is 38.2. The van der Waals surface area contributed by atoms with Gasteiger partial charge in [0, 0.05) is 35.4 Å². The van der Waals surface area contributed by atoms with Crippen LogP contribution in [0.4, 0.5) is 17.6 Å². The number of cyclic esters (lactones) is 1. The molecule has 1 aromatic carbocycles. The second-order valence-electron chi connectivity index (χ2n) is 12.5. The minimum Gasteiger partial charge on any atom is -0.458 e. The summed E-state index contributed by atoms with van der Waals surface area (Å²) in [5, 5.41) is 29.6. The van der Waals surface area contributed by atoms with Crippen molar-refractivity contribution in [3.8, 4) is 11.4 Å². The zero-order valence-corrected chi connectivity index (χ0v) is 28.1. The predicted molar refractivity (Wildman–Crippen MR) is 172 cm³/mol. The monoisotopic (exact) mass is 724 g/mol. The van der Waals surface area contributed by atoms with Gasteiger partial charge >= 0.3 is 12.1 Å². The molecule has 5 heterocycles. The molecular weight excluding hydrogens is 684 g/mol. The molecule has 1 amide bonds. The van der Waals surface area contributed by atoms with Crippen molar-refractivity contribution in [2.75, 3.05) is 6.61 Å². The molecule has 7 N–H and O–H groups in total. The third-order valence-electron chi connectivity index (χ3n) is 9.36. The first-order valence-corrected chi connectivity index (χ1v) is 16.6. The second kappa shape index (κ2) is 14.9. The summed E-state index contributed by atoms with van der Waals surface area (Å²) in [7, 11) is 0. The van der Waals surface area contributed by atoms with Crippen molar-refractivity contribution in [1.29, 1.82) is 0 Å². The second-order valence-corrected chi connectivity index (χ2v) is 12.5. The van der Waals surface area contributed by atoms with Crippen LogP contribution in [0.1, 0.15) is 72.6 Å². The van der Waals surface area contributed by atoms with Crippen molar-refractivity contribution in [1.82, 2.24) is 9.55 Å². The molecular formula is C34H40F4N4O9. The van der Waals surface area contributed by atoms with Crippen LogP contribution in [-0.2, 0) is 49.8 Å². The van der Waals surface area contributed by atoms with Crippen molar-refractivity contribution in [2.45, 2.75) is 109 Å². The Bertz CT molecular complexity index is 1900. The lowest BCUT2D eigenvalue weighted by atomic mass is 9.85. The number of nitrogens with two attached hydrogens (primary N) is 2. The van der Waals surface area contributed by atoms with Crippen LogP contribution in [0.5, 0.6) is 0 Å². The summed E-state index contributed by atoms with van der Waals surface area (Å²) in [6.45, 7) is 5.57. The number of benzene rings is 1. The number of fused-ring (bicyclic) bond motifs is 5. The van der Waals surface area contributed by atoms with Crippen LogP contribution in [0.15, 0.2) is 16.9 Å². The van der Waals surface area contributed by atoms with Gasteiger partial charge in [-0.25, -0.2) is 14.2 Å². The molecule has 1 fully saturated rings. The number of amides is 1. The number of aliphatic hydroxyl groups excluding tert-OH is 3. The highest BCUT2D eigenvalue weighted by Gasteiger charge is 2.49. The number of ether oxygens (including phenoxy) is 3. The van der Waals surface area contributed by atoms with Gasteiger partial charge in [-0.1, -0.05) is 13.8 Å². The van der Waals surface area contributed by atoms with Crippen LogP contribution in [0.3, 0.4) is 0 Å². The Balaban J connectivity index is 0.000000203. The first-order chi connectivity index (χ1) is 24.1. The average molecular weight is 725 g/mol. The molecule has 0 saturated carbocycles. The summed E-state index contributed by atoms with van der Waals surface area (Å²) in [6.07, 6.45) is -9.86. The molecule has 3 aromatic rings. The molecule has 0 bridgehead atoms. The van der Waals surface area contributed by atoms with Crippen LogP contribution < -0.4 is 17.0 Å². The number of carbonyl (C=O) groups excluding carboxylic acids is 2. The molecule has 17 heteroatoms. The zero-order valence-electron chi connectivity index (χ0n) is 28.1. The minimum absolute atomic E-state index is 0.0783. The molecule has 13 nitrogen and oxygen atoms in total. The number of primary amides is 1. The van der Waals surface area contributed by atoms with E-state index < -0.39 is 61.4 Å². The lowest BCUT2D eigenvalue weighted by Crippen LogP contribution is -2.56. The van der Waals surface area contributed by atoms with Gasteiger partial charge < -0.3 is 45.6 Å². The fourth-order valence-corrected chi connectivity index (χ4v) is 6.89. The molecule has 278 valence electrons. The van der Waals surface area contributed by atoms with E-state index in [0.717, 1.165) is 41.3 Å². The third kappa shape index (κ3) is 7.23. The van der Waals surface area contributed by atoms with Gasteiger partial charge in [0.25, 0.3) is 5.56 Å². The number of esters is 1. The third-order valence-corrected chi connectivity index (χ3v) is 9.36. The maximum atomic E-state index is 14.5. The number of hydrogen-bond donors (Lipinski definition) is 5. The summed E-state index contributed by atoms with van der Waals surface area (Å²) >= 11 is 0. The lowest BCUT2D eigenvalue weighted by molar-refractivity contribution is -0.300. The Kier molecular flexibility index (Phi) is 11.2. The molecule has 6 atom stereocenters. The summed E-state index contributed by atoms with van der Waals surface area (Å²) in [5.74, 6) is -2.40. The molecule has 1 aliphatic carbocycles. The highest BCUT2D eigenvalue weighted by molar-refractivity contribution is 5.92. The van der Waals surface area contributed by atoms with Crippen LogP contribution >= 0.6 is 0 Å². The van der Waals surface area contributed by atoms with Gasteiger partial charge in [0.2, 0.25) is 5.91 Å². The van der Waals surface area contributed by atoms with E-state index in [-0.39, 0.29) is 36.4 Å². The highest BCUT2D eigenvalue weighted by atomic mass is 19.4. The van der Waals surface area contributed by atoms with E-state index in [9.17, 15) is 42.2 Å². The number of halogens is 4. The summed E-state index contributed by atoms with van der Waals surface area (Å²) in [6, 6.07) is 1.03. The number of alkyl halides is 3. The maximum Gasteiger partial charge on any atom is 0.416 e. The lowest BCUT2D eigenvalue weighted by Gasteiger charge is -2.35. The van der Waals surface area contributed by atoms with E-state index >= 15 is 0 Å². The molecule has 2 aromatic heterocycles. The van der Waals surface area contributed by atoms with E-state index in [1.54, 1.807) is 17.6 Å². The van der Waals surface area contributed by atoms with Crippen LogP contribution in [0.2, 0.25) is 0 Å². The number of rotatable bonds is 5. The Hall–Kier alpha value is -4.00. The van der Waals surface area contributed by atoms with Crippen molar-refractivity contribution in [3.63, 3.8) is 0 Å². The van der Waals surface area contributed by atoms with E-state index in [1.807, 2.05) is 13.8 Å². The molecule has 0 radical (unpaired) electrons. The summed E-state index contributed by atoms with van der Waals surface area (Å²) in [5.41, 5.74) is 15.7. The largest absolute Gasteiger partial charge is 0.458 e. The molecule has 6 unspecified atom stereocenters. The Labute approximate surface area is 289 Å². The fourth-order valence-electron chi connectivity index (χ4n) is 6.89. The molecule has 4 aliphatic rings. The maximum absolute atomic E-state index is 14.5. The Morgan fingerprint density at radius 1 is 1.12 bits per heavy atom. The number of aliphatic hydroxyl groups is 3. The van der Waals surface area contributed by atoms with Gasteiger partial charge in [-0.3, -0.25) is 9.59 Å². The van der Waals surface area contributed by atoms with E-state index in [1.165, 1.54) is 6.07 Å². The van der Waals surface area contributed by atoms with Gasteiger partial charge in [0.15, 0.2) is 18.5 Å². The Morgan fingerprint density at radius 3 is 2.45 bits per heavy atom. The number of aromatic nitrogens is 2. The van der Waals surface area contributed by atoms with Crippen LogP contribution in [0.25, 0.3) is 22.3 Å². The topological polar surface area (TPSA) is 209 Å². The van der Waals surface area contributed by atoms with Gasteiger partial charge in [-0.05, 0) is 48.9 Å². The molecule has 51 heavy (non-hydrogen) atoms. The van der Waals surface area contributed by atoms with Crippen LogP contribution in [-0.4, -0.2) is 80.2 Å². The van der Waals surface area contributed by atoms with Crippen molar-refractivity contribution >= 4 is 22.8 Å². The summed E-state index contributed by atoms with van der Waals surface area (Å²) < 4.78 is 69.1. The fraction of sp³-hybridized carbons (Fsp3) is 0.529.